The topological polar surface area (TPSA) is 73.7 Å². The average molecular weight is 371 g/mol. The van der Waals surface area contributed by atoms with Gasteiger partial charge in [0.1, 0.15) is 0 Å². The maximum Gasteiger partial charge on any atom is 0.274 e. The lowest BCUT2D eigenvalue weighted by Gasteiger charge is -2.33. The van der Waals surface area contributed by atoms with Crippen LogP contribution >= 0.6 is 0 Å². The molecule has 3 heterocycles. The quantitative estimate of drug-likeness (QED) is 0.827. The summed E-state index contributed by atoms with van der Waals surface area (Å²) in [6, 6.07) is 7.09. The van der Waals surface area contributed by atoms with Crippen molar-refractivity contribution in [1.29, 1.82) is 0 Å². The molecule has 0 atom stereocenters. The van der Waals surface area contributed by atoms with Crippen molar-refractivity contribution in [3.8, 4) is 0 Å². The van der Waals surface area contributed by atoms with Crippen LogP contribution < -0.4 is 5.56 Å². The Labute approximate surface area is 157 Å². The van der Waals surface area contributed by atoms with Crippen molar-refractivity contribution < 1.29 is 14.3 Å². The number of aromatic nitrogens is 2. The molecule has 1 amide bonds. The van der Waals surface area contributed by atoms with Gasteiger partial charge in [0, 0.05) is 24.4 Å². The fourth-order valence-electron chi connectivity index (χ4n) is 3.89. The molecule has 0 radical (unpaired) electrons. The molecule has 2 aliphatic heterocycles. The maximum absolute atomic E-state index is 13.2. The molecule has 2 aromatic rings. The lowest BCUT2D eigenvalue weighted by Crippen LogP contribution is -2.42. The summed E-state index contributed by atoms with van der Waals surface area (Å²) in [5.74, 6) is 0.207. The molecule has 1 aromatic carbocycles. The highest BCUT2D eigenvalue weighted by molar-refractivity contribution is 6.04. The molecule has 0 aliphatic carbocycles. The molecule has 0 bridgehead atoms. The Morgan fingerprint density at radius 1 is 1.11 bits per heavy atom. The summed E-state index contributed by atoms with van der Waals surface area (Å²) >= 11 is 0. The van der Waals surface area contributed by atoms with Gasteiger partial charge in [0.15, 0.2) is 12.0 Å². The van der Waals surface area contributed by atoms with Crippen LogP contribution in [0.4, 0.5) is 0 Å². The van der Waals surface area contributed by atoms with Crippen molar-refractivity contribution in [3.63, 3.8) is 0 Å². The molecule has 0 spiro atoms. The van der Waals surface area contributed by atoms with Gasteiger partial charge in [-0.3, -0.25) is 9.59 Å². The van der Waals surface area contributed by atoms with E-state index in [1.807, 2.05) is 30.9 Å². The summed E-state index contributed by atoms with van der Waals surface area (Å²) in [5, 5.41) is 5.59. The second kappa shape index (κ2) is 7.40. The number of amides is 1. The smallest absolute Gasteiger partial charge is 0.274 e. The van der Waals surface area contributed by atoms with Crippen LogP contribution in [0.2, 0.25) is 0 Å². The van der Waals surface area contributed by atoms with Crippen LogP contribution in [-0.2, 0) is 9.47 Å². The molecule has 144 valence electrons. The van der Waals surface area contributed by atoms with E-state index in [1.165, 1.54) is 4.68 Å². The Bertz CT molecular complexity index is 894. The van der Waals surface area contributed by atoms with E-state index >= 15 is 0 Å². The molecular formula is C20H25N3O4. The van der Waals surface area contributed by atoms with Crippen LogP contribution in [0.1, 0.15) is 43.2 Å². The van der Waals surface area contributed by atoms with Crippen molar-refractivity contribution in [2.45, 2.75) is 39.0 Å². The van der Waals surface area contributed by atoms with Gasteiger partial charge >= 0.3 is 0 Å². The van der Waals surface area contributed by atoms with Gasteiger partial charge in [-0.25, -0.2) is 4.68 Å². The number of benzene rings is 1. The summed E-state index contributed by atoms with van der Waals surface area (Å²) in [6.07, 6.45) is 1.56. The van der Waals surface area contributed by atoms with Crippen molar-refractivity contribution in [3.05, 3.63) is 40.3 Å². The Kier molecular flexibility index (Phi) is 4.97. The van der Waals surface area contributed by atoms with E-state index in [-0.39, 0.29) is 23.8 Å². The molecule has 7 heteroatoms. The van der Waals surface area contributed by atoms with Gasteiger partial charge in [-0.2, -0.15) is 5.10 Å². The Balaban J connectivity index is 1.61. The number of hydrogen-bond donors (Lipinski definition) is 0. The predicted octanol–water partition coefficient (Wildman–Crippen LogP) is 2.20. The molecule has 2 saturated heterocycles. The number of nitrogens with zero attached hydrogens (tertiary/aromatic N) is 3. The summed E-state index contributed by atoms with van der Waals surface area (Å²) in [4.78, 5) is 27.7. The standard InChI is InChI=1S/C20H25N3O4/c1-13(2)23-18(24)16-6-4-3-5-15(16)17(21-23)19(25)22-9-7-14(8-10-22)20-26-11-12-27-20/h3-6,13-14,20H,7-12H2,1-2H3. The van der Waals surface area contributed by atoms with E-state index in [4.69, 9.17) is 9.47 Å². The monoisotopic (exact) mass is 371 g/mol. The van der Waals surface area contributed by atoms with Gasteiger partial charge in [0.2, 0.25) is 0 Å². The van der Waals surface area contributed by atoms with E-state index in [9.17, 15) is 9.59 Å². The van der Waals surface area contributed by atoms with Gasteiger partial charge in [-0.15, -0.1) is 0 Å². The first-order valence-electron chi connectivity index (χ1n) is 9.60. The van der Waals surface area contributed by atoms with E-state index in [0.29, 0.717) is 48.7 Å². The number of ether oxygens (including phenoxy) is 2. The van der Waals surface area contributed by atoms with Crippen molar-refractivity contribution >= 4 is 16.7 Å². The first kappa shape index (κ1) is 18.1. The number of likely N-dealkylation sites (tertiary alicyclic amines) is 1. The summed E-state index contributed by atoms with van der Waals surface area (Å²) in [7, 11) is 0. The molecule has 2 aliphatic rings. The minimum atomic E-state index is -0.161. The molecule has 1 aromatic heterocycles. The predicted molar refractivity (Wildman–Crippen MR) is 101 cm³/mol. The molecule has 4 rings (SSSR count). The third-order valence-corrected chi connectivity index (χ3v) is 5.38. The summed E-state index contributed by atoms with van der Waals surface area (Å²) in [5.41, 5.74) is 0.192. The average Bonchev–Trinajstić information content (AvgIpc) is 3.23. The van der Waals surface area contributed by atoms with E-state index in [2.05, 4.69) is 5.10 Å². The lowest BCUT2D eigenvalue weighted by atomic mass is 9.95. The Morgan fingerprint density at radius 2 is 1.74 bits per heavy atom. The number of piperidine rings is 1. The number of carbonyl (C=O) groups excluding carboxylic acids is 1. The normalized spacial score (nSPS) is 19.3. The second-order valence-corrected chi connectivity index (χ2v) is 7.48. The van der Waals surface area contributed by atoms with Gasteiger partial charge < -0.3 is 14.4 Å². The summed E-state index contributed by atoms with van der Waals surface area (Å²) in [6.45, 7) is 6.37. The zero-order valence-electron chi connectivity index (χ0n) is 15.8. The molecule has 2 fully saturated rings. The highest BCUT2D eigenvalue weighted by Crippen LogP contribution is 2.27. The first-order valence-corrected chi connectivity index (χ1v) is 9.60. The summed E-state index contributed by atoms with van der Waals surface area (Å²) < 4.78 is 12.6. The van der Waals surface area contributed by atoms with Crippen LogP contribution in [0.3, 0.4) is 0 Å². The zero-order valence-corrected chi connectivity index (χ0v) is 15.8. The molecule has 0 unspecified atom stereocenters. The number of fused-ring (bicyclic) bond motifs is 1. The second-order valence-electron chi connectivity index (χ2n) is 7.48. The SMILES string of the molecule is CC(C)n1nc(C(=O)N2CCC(C3OCCO3)CC2)c2ccccc2c1=O. The molecule has 0 saturated carbocycles. The van der Waals surface area contributed by atoms with E-state index < -0.39 is 0 Å². The van der Waals surface area contributed by atoms with Crippen LogP contribution in [0.25, 0.3) is 10.8 Å². The zero-order chi connectivity index (χ0) is 19.0. The highest BCUT2D eigenvalue weighted by atomic mass is 16.7. The van der Waals surface area contributed by atoms with E-state index in [1.54, 1.807) is 12.1 Å². The third kappa shape index (κ3) is 3.37. The van der Waals surface area contributed by atoms with Crippen molar-refractivity contribution in [2.24, 2.45) is 5.92 Å². The number of rotatable bonds is 3. The molecule has 0 N–H and O–H groups in total. The van der Waals surface area contributed by atoms with Gasteiger partial charge in [0.05, 0.1) is 24.6 Å². The van der Waals surface area contributed by atoms with Crippen LogP contribution in [0.5, 0.6) is 0 Å². The van der Waals surface area contributed by atoms with Crippen LogP contribution in [0.15, 0.2) is 29.1 Å². The maximum atomic E-state index is 13.2. The fraction of sp³-hybridized carbons (Fsp3) is 0.550. The van der Waals surface area contributed by atoms with Crippen LogP contribution in [0, 0.1) is 5.92 Å². The van der Waals surface area contributed by atoms with Gasteiger partial charge in [-0.05, 0) is 32.8 Å². The minimum Gasteiger partial charge on any atom is -0.350 e. The third-order valence-electron chi connectivity index (χ3n) is 5.38. The highest BCUT2D eigenvalue weighted by Gasteiger charge is 2.33. The largest absolute Gasteiger partial charge is 0.350 e. The minimum absolute atomic E-state index is 0.115. The van der Waals surface area contributed by atoms with Crippen molar-refractivity contribution in [1.82, 2.24) is 14.7 Å². The van der Waals surface area contributed by atoms with E-state index in [0.717, 1.165) is 12.8 Å². The van der Waals surface area contributed by atoms with Crippen LogP contribution in [-0.4, -0.2) is 53.2 Å². The lowest BCUT2D eigenvalue weighted by molar-refractivity contribution is -0.0956. The van der Waals surface area contributed by atoms with Crippen molar-refractivity contribution in [2.75, 3.05) is 26.3 Å². The first-order chi connectivity index (χ1) is 13.1. The fourth-order valence-corrected chi connectivity index (χ4v) is 3.89. The molecule has 27 heavy (non-hydrogen) atoms. The van der Waals surface area contributed by atoms with Gasteiger partial charge in [0.25, 0.3) is 11.5 Å². The van der Waals surface area contributed by atoms with Gasteiger partial charge in [-0.1, -0.05) is 18.2 Å². The Hall–Kier alpha value is -2.25. The number of hydrogen-bond acceptors (Lipinski definition) is 5. The molecule has 7 nitrogen and oxygen atoms in total. The Morgan fingerprint density at radius 3 is 2.37 bits per heavy atom. The molecular weight excluding hydrogens is 346 g/mol. The number of carbonyl (C=O) groups is 1.